The summed E-state index contributed by atoms with van der Waals surface area (Å²) < 4.78 is 0. The fourth-order valence-electron chi connectivity index (χ4n) is 3.53. The van der Waals surface area contributed by atoms with Crippen LogP contribution in [-0.2, 0) is 0 Å². The maximum atomic E-state index is 6.10. The highest BCUT2D eigenvalue weighted by atomic mass is 15.2. The lowest BCUT2D eigenvalue weighted by molar-refractivity contribution is 0.0383. The number of likely N-dealkylation sites (N-methyl/N-ethyl adjacent to an activating group) is 1. The van der Waals surface area contributed by atoms with Gasteiger partial charge < -0.3 is 5.73 Å². The molecule has 0 radical (unpaired) electrons. The topological polar surface area (TPSA) is 29.3 Å². The lowest BCUT2D eigenvalue weighted by atomic mass is 9.74. The van der Waals surface area contributed by atoms with Crippen molar-refractivity contribution in [3.05, 3.63) is 0 Å². The van der Waals surface area contributed by atoms with Crippen LogP contribution in [0.3, 0.4) is 0 Å². The molecule has 2 aliphatic carbocycles. The van der Waals surface area contributed by atoms with Gasteiger partial charge in [0.15, 0.2) is 0 Å². The minimum Gasteiger partial charge on any atom is -0.329 e. The fourth-order valence-corrected chi connectivity index (χ4v) is 3.53. The van der Waals surface area contributed by atoms with E-state index in [0.717, 1.165) is 18.5 Å². The molecule has 18 heavy (non-hydrogen) atoms. The van der Waals surface area contributed by atoms with Crippen molar-refractivity contribution >= 4 is 0 Å². The molecular formula is C16H32N2. The Kier molecular flexibility index (Phi) is 4.08. The Morgan fingerprint density at radius 2 is 1.72 bits per heavy atom. The van der Waals surface area contributed by atoms with Crippen molar-refractivity contribution in [3.63, 3.8) is 0 Å². The second-order valence-corrected chi connectivity index (χ2v) is 7.85. The fraction of sp³-hybridized carbons (Fsp3) is 1.00. The molecule has 106 valence electrons. The van der Waals surface area contributed by atoms with Gasteiger partial charge in [-0.1, -0.05) is 26.7 Å². The molecule has 0 saturated heterocycles. The van der Waals surface area contributed by atoms with Gasteiger partial charge in [0.1, 0.15) is 0 Å². The van der Waals surface area contributed by atoms with Gasteiger partial charge in [0.05, 0.1) is 0 Å². The zero-order valence-electron chi connectivity index (χ0n) is 12.8. The molecule has 0 bridgehead atoms. The molecule has 2 aliphatic rings. The van der Waals surface area contributed by atoms with Crippen LogP contribution in [0.15, 0.2) is 0 Å². The molecule has 2 nitrogen and oxygen atoms in total. The molecule has 0 aliphatic heterocycles. The van der Waals surface area contributed by atoms with E-state index < -0.39 is 0 Å². The molecule has 2 heteroatoms. The van der Waals surface area contributed by atoms with Crippen molar-refractivity contribution in [2.75, 3.05) is 13.6 Å². The van der Waals surface area contributed by atoms with Crippen LogP contribution in [0.4, 0.5) is 0 Å². The van der Waals surface area contributed by atoms with Gasteiger partial charge in [-0.25, -0.2) is 0 Å². The summed E-state index contributed by atoms with van der Waals surface area (Å²) in [6.45, 7) is 8.01. The Labute approximate surface area is 113 Å². The van der Waals surface area contributed by atoms with E-state index in [1.54, 1.807) is 0 Å². The summed E-state index contributed by atoms with van der Waals surface area (Å²) in [5.74, 6) is 0.959. The Hall–Kier alpha value is -0.0800. The third-order valence-electron chi connectivity index (χ3n) is 5.57. The van der Waals surface area contributed by atoms with Gasteiger partial charge in [-0.2, -0.15) is 0 Å². The van der Waals surface area contributed by atoms with Crippen LogP contribution >= 0.6 is 0 Å². The van der Waals surface area contributed by atoms with Crippen LogP contribution in [-0.4, -0.2) is 30.1 Å². The molecule has 1 unspecified atom stereocenters. The number of hydrogen-bond acceptors (Lipinski definition) is 2. The van der Waals surface area contributed by atoms with E-state index in [2.05, 4.69) is 32.7 Å². The standard InChI is InChI=1S/C16H32N2/c1-15(2)9-7-14(8-10-15)18(4)16(3,12-17)11-13-5-6-13/h13-14H,5-12,17H2,1-4H3. The zero-order valence-corrected chi connectivity index (χ0v) is 12.8. The number of hydrogen-bond donors (Lipinski definition) is 1. The van der Waals surface area contributed by atoms with Crippen LogP contribution < -0.4 is 5.73 Å². The maximum absolute atomic E-state index is 6.10. The highest BCUT2D eigenvalue weighted by Crippen LogP contribution is 2.42. The minimum absolute atomic E-state index is 0.229. The second-order valence-electron chi connectivity index (χ2n) is 7.85. The number of nitrogens with two attached hydrogens (primary N) is 1. The van der Waals surface area contributed by atoms with Gasteiger partial charge in [-0.15, -0.1) is 0 Å². The SMILES string of the molecule is CN(C1CCC(C)(C)CC1)C(C)(CN)CC1CC1. The normalized spacial score (nSPS) is 28.3. The van der Waals surface area contributed by atoms with Gasteiger partial charge in [0.25, 0.3) is 0 Å². The average molecular weight is 252 g/mol. The molecule has 0 spiro atoms. The second kappa shape index (κ2) is 5.13. The predicted octanol–water partition coefficient (Wildman–Crippen LogP) is 3.40. The highest BCUT2D eigenvalue weighted by Gasteiger charge is 2.39. The summed E-state index contributed by atoms with van der Waals surface area (Å²) in [5, 5.41) is 0. The average Bonchev–Trinajstić information content (AvgIpc) is 3.12. The Balaban J connectivity index is 1.94. The van der Waals surface area contributed by atoms with E-state index in [9.17, 15) is 0 Å². The molecule has 2 N–H and O–H groups in total. The van der Waals surface area contributed by atoms with Crippen LogP contribution in [0.2, 0.25) is 0 Å². The largest absolute Gasteiger partial charge is 0.329 e. The minimum atomic E-state index is 0.229. The Morgan fingerprint density at radius 3 is 2.17 bits per heavy atom. The Morgan fingerprint density at radius 1 is 1.17 bits per heavy atom. The van der Waals surface area contributed by atoms with E-state index in [1.165, 1.54) is 44.9 Å². The molecule has 0 amide bonds. The smallest absolute Gasteiger partial charge is 0.0306 e. The van der Waals surface area contributed by atoms with Gasteiger partial charge in [0.2, 0.25) is 0 Å². The molecule has 2 rings (SSSR count). The monoisotopic (exact) mass is 252 g/mol. The molecule has 0 aromatic heterocycles. The third kappa shape index (κ3) is 3.27. The van der Waals surface area contributed by atoms with E-state index in [-0.39, 0.29) is 5.54 Å². The first kappa shape index (κ1) is 14.3. The quantitative estimate of drug-likeness (QED) is 0.812. The lowest BCUT2D eigenvalue weighted by Gasteiger charge is -2.47. The van der Waals surface area contributed by atoms with E-state index in [4.69, 9.17) is 5.73 Å². The third-order valence-corrected chi connectivity index (χ3v) is 5.57. The van der Waals surface area contributed by atoms with Gasteiger partial charge in [-0.05, 0) is 57.4 Å². The van der Waals surface area contributed by atoms with Crippen molar-refractivity contribution in [1.82, 2.24) is 4.90 Å². The van der Waals surface area contributed by atoms with Gasteiger partial charge in [0, 0.05) is 18.1 Å². The maximum Gasteiger partial charge on any atom is 0.0306 e. The molecular weight excluding hydrogens is 220 g/mol. The molecule has 0 aromatic rings. The number of rotatable bonds is 5. The first-order valence-corrected chi connectivity index (χ1v) is 7.79. The summed E-state index contributed by atoms with van der Waals surface area (Å²) >= 11 is 0. The number of nitrogens with zero attached hydrogens (tertiary/aromatic N) is 1. The summed E-state index contributed by atoms with van der Waals surface area (Å²) in [6.07, 6.45) is 9.60. The Bertz CT molecular complexity index is 273. The van der Waals surface area contributed by atoms with Crippen molar-refractivity contribution in [3.8, 4) is 0 Å². The first-order chi connectivity index (χ1) is 8.36. The van der Waals surface area contributed by atoms with E-state index in [1.807, 2.05) is 0 Å². The summed E-state index contributed by atoms with van der Waals surface area (Å²) in [5.41, 5.74) is 6.89. The summed E-state index contributed by atoms with van der Waals surface area (Å²) in [7, 11) is 2.32. The molecule has 1 atom stereocenters. The van der Waals surface area contributed by atoms with Gasteiger partial charge >= 0.3 is 0 Å². The molecule has 0 heterocycles. The van der Waals surface area contributed by atoms with Crippen LogP contribution in [0, 0.1) is 11.3 Å². The van der Waals surface area contributed by atoms with Crippen molar-refractivity contribution in [2.45, 2.75) is 77.3 Å². The molecule has 2 fully saturated rings. The van der Waals surface area contributed by atoms with E-state index >= 15 is 0 Å². The lowest BCUT2D eigenvalue weighted by Crippen LogP contribution is -2.55. The van der Waals surface area contributed by atoms with E-state index in [0.29, 0.717) is 5.41 Å². The summed E-state index contributed by atoms with van der Waals surface area (Å²) in [4.78, 5) is 2.63. The van der Waals surface area contributed by atoms with Crippen molar-refractivity contribution in [2.24, 2.45) is 17.1 Å². The molecule has 2 saturated carbocycles. The van der Waals surface area contributed by atoms with Crippen LogP contribution in [0.5, 0.6) is 0 Å². The first-order valence-electron chi connectivity index (χ1n) is 7.79. The predicted molar refractivity (Wildman–Crippen MR) is 78.6 cm³/mol. The van der Waals surface area contributed by atoms with Crippen LogP contribution in [0.1, 0.15) is 65.7 Å². The van der Waals surface area contributed by atoms with Crippen molar-refractivity contribution in [1.29, 1.82) is 0 Å². The highest BCUT2D eigenvalue weighted by molar-refractivity contribution is 4.95. The molecule has 0 aromatic carbocycles. The van der Waals surface area contributed by atoms with Gasteiger partial charge in [-0.3, -0.25) is 4.90 Å². The van der Waals surface area contributed by atoms with Crippen LogP contribution in [0.25, 0.3) is 0 Å². The summed E-state index contributed by atoms with van der Waals surface area (Å²) in [6, 6.07) is 0.755. The van der Waals surface area contributed by atoms with Crippen molar-refractivity contribution < 1.29 is 0 Å². The zero-order chi connectivity index (χ0) is 13.4.